The number of allylic oxidation sites excluding steroid dienone is 30. The second-order valence-corrected chi connectivity index (χ2v) is 32.5. The van der Waals surface area contributed by atoms with Crippen LogP contribution in [0.3, 0.4) is 0 Å². The maximum absolute atomic E-state index is 13.0. The van der Waals surface area contributed by atoms with Gasteiger partial charge in [0.15, 0.2) is 6.10 Å². The van der Waals surface area contributed by atoms with Crippen LogP contribution in [-0.2, 0) is 55.8 Å². The molecule has 0 bridgehead atoms. The maximum atomic E-state index is 13.0. The lowest BCUT2D eigenvalue weighted by molar-refractivity contribution is -0.161. The van der Waals surface area contributed by atoms with E-state index in [4.69, 9.17) is 32.3 Å². The van der Waals surface area contributed by atoms with Gasteiger partial charge in [0, 0.05) is 19.3 Å². The minimum absolute atomic E-state index is 0.0756. The maximum Gasteiger partial charge on any atom is 0.472 e. The molecule has 0 aliphatic rings. The fourth-order valence-electron chi connectivity index (χ4n) is 11.8. The van der Waals surface area contributed by atoms with E-state index in [1.54, 1.807) is 0 Å². The Morgan fingerprint density at radius 1 is 0.252 bits per heavy atom. The number of phosphoric ester groups is 2. The molecule has 0 aromatic heterocycles. The highest BCUT2D eigenvalue weighted by Gasteiger charge is 2.29. The van der Waals surface area contributed by atoms with E-state index in [0.717, 1.165) is 193 Å². The van der Waals surface area contributed by atoms with Crippen molar-refractivity contribution in [2.24, 2.45) is 0 Å². The molecular formula is C97H162O16P2. The van der Waals surface area contributed by atoms with Crippen molar-refractivity contribution in [1.29, 1.82) is 0 Å². The van der Waals surface area contributed by atoms with Crippen LogP contribution in [0.25, 0.3) is 0 Å². The Hall–Kier alpha value is -5.35. The summed E-state index contributed by atoms with van der Waals surface area (Å²) in [5.74, 6) is -1.61. The van der Waals surface area contributed by atoms with Gasteiger partial charge >= 0.3 is 33.6 Å². The average Bonchev–Trinajstić information content (AvgIpc) is 0.901. The smallest absolute Gasteiger partial charge is 0.463 e. The van der Waals surface area contributed by atoms with Gasteiger partial charge in [-0.1, -0.05) is 357 Å². The number of ether oxygens (including phenoxy) is 3. The first-order chi connectivity index (χ1) is 56.2. The molecule has 0 saturated carbocycles. The van der Waals surface area contributed by atoms with E-state index in [-0.39, 0.29) is 19.3 Å². The summed E-state index contributed by atoms with van der Waals surface area (Å²) in [6.45, 7) is 2.41. The number of carbonyl (C=O) groups excluding carboxylic acids is 3. The first kappa shape index (κ1) is 110. The van der Waals surface area contributed by atoms with E-state index in [1.165, 1.54) is 103 Å². The molecule has 0 heterocycles. The lowest BCUT2D eigenvalue weighted by atomic mass is 10.0. The van der Waals surface area contributed by atoms with E-state index < -0.39 is 91.5 Å². The summed E-state index contributed by atoms with van der Waals surface area (Å²) in [7, 11) is -9.82. The van der Waals surface area contributed by atoms with E-state index >= 15 is 0 Å². The summed E-state index contributed by atoms with van der Waals surface area (Å²) in [5.41, 5.74) is 0. The SMILES string of the molecule is CC/C=C\C/C=C\C/C=C\C/C=C\C/C=C\C/C=C\CCCCCCCCCCCCCCCCCCC(=O)OCC(O)COP(=O)(O)OCC(O)COP(=O)(O)OCC(COC(=O)CCCCCCCCC/C=C\C/C=C\C/C=C\C/C=C\C/C=C\CC)OC(=O)CCCCCCC/C=C\C/C=C\C/C=C\C/C=C\CCCCC. The predicted octanol–water partition coefficient (Wildman–Crippen LogP) is 27.7. The molecule has 18 heteroatoms. The van der Waals surface area contributed by atoms with Gasteiger partial charge < -0.3 is 34.2 Å². The predicted molar refractivity (Wildman–Crippen MR) is 481 cm³/mol. The summed E-state index contributed by atoms with van der Waals surface area (Å²) in [6, 6.07) is 0. The van der Waals surface area contributed by atoms with Crippen LogP contribution in [0.1, 0.15) is 355 Å². The van der Waals surface area contributed by atoms with Crippen molar-refractivity contribution in [3.05, 3.63) is 182 Å². The highest BCUT2D eigenvalue weighted by molar-refractivity contribution is 7.47. The lowest BCUT2D eigenvalue weighted by Gasteiger charge is -2.21. The first-order valence-electron chi connectivity index (χ1n) is 45.1. The first-order valence-corrected chi connectivity index (χ1v) is 48.1. The van der Waals surface area contributed by atoms with Gasteiger partial charge in [0.1, 0.15) is 25.4 Å². The van der Waals surface area contributed by atoms with Crippen LogP contribution in [0.2, 0.25) is 0 Å². The highest BCUT2D eigenvalue weighted by atomic mass is 31.2. The van der Waals surface area contributed by atoms with Crippen LogP contribution in [0, 0.1) is 0 Å². The molecule has 0 aliphatic heterocycles. The third-order valence-electron chi connectivity index (χ3n) is 18.6. The number of hydrogen-bond acceptors (Lipinski definition) is 14. The molecule has 656 valence electrons. The zero-order valence-corrected chi connectivity index (χ0v) is 73.9. The Kier molecular flexibility index (Phi) is 83.9. The van der Waals surface area contributed by atoms with Crippen molar-refractivity contribution in [3.63, 3.8) is 0 Å². The zero-order valence-electron chi connectivity index (χ0n) is 72.1. The normalized spacial score (nSPS) is 14.7. The van der Waals surface area contributed by atoms with Crippen molar-refractivity contribution in [2.45, 2.75) is 373 Å². The van der Waals surface area contributed by atoms with Crippen LogP contribution in [-0.4, -0.2) is 95.9 Å². The van der Waals surface area contributed by atoms with Gasteiger partial charge in [-0.15, -0.1) is 0 Å². The molecule has 0 aromatic carbocycles. The van der Waals surface area contributed by atoms with Crippen molar-refractivity contribution in [2.75, 3.05) is 39.6 Å². The summed E-state index contributed by atoms with van der Waals surface area (Å²) in [5, 5.41) is 20.7. The molecule has 4 N–H and O–H groups in total. The molecule has 0 saturated heterocycles. The van der Waals surface area contributed by atoms with Crippen LogP contribution in [0.15, 0.2) is 182 Å². The van der Waals surface area contributed by atoms with Gasteiger partial charge in [0.05, 0.1) is 26.4 Å². The monoisotopic (exact) mass is 1650 g/mol. The molecule has 0 aromatic rings. The fraction of sp³-hybridized carbons (Fsp3) is 0.660. The molecule has 5 unspecified atom stereocenters. The molecule has 0 rings (SSSR count). The lowest BCUT2D eigenvalue weighted by Crippen LogP contribution is -2.30. The molecule has 0 amide bonds. The van der Waals surface area contributed by atoms with Crippen molar-refractivity contribution in [1.82, 2.24) is 0 Å². The zero-order chi connectivity index (χ0) is 83.6. The second-order valence-electron chi connectivity index (χ2n) is 29.6. The summed E-state index contributed by atoms with van der Waals surface area (Å²) in [4.78, 5) is 58.9. The number of aliphatic hydroxyl groups excluding tert-OH is 2. The quantitative estimate of drug-likeness (QED) is 0.0146. The molecule has 0 fully saturated rings. The van der Waals surface area contributed by atoms with E-state index in [9.17, 15) is 43.5 Å². The standard InChI is InChI=1S/C97H162O16P2/c1-4-7-10-13-16-19-22-25-28-31-34-37-39-40-41-42-43-44-45-46-47-48-49-50-52-55-56-59-62-65-68-71-74-77-80-83-95(100)107-86-92(98)87-109-114(103,104)110-88-93(99)89-111-115(105,106)112-91-94(113-97(102)85-82-79-76-73-70-67-64-61-58-53-36-33-30-27-24-21-18-15-12-9-6-3)90-108-96(101)84-81-78-75-72-69-66-63-60-57-54-51-38-35-32-29-26-23-20-17-14-11-8-5-2/h7-8,10-11,16-21,25-30,34-38,40-41,43-44,53-54,57,61,64,92-94,98-99H,4-6,9,12-15,22-24,31-33,39,42,45-52,55-56,58-60,62-63,65-91H2,1-3H3,(H,103,104)(H,105,106)/b10-7-,11-8-,19-16-,20-17-,21-18-,28-25-,29-26-,30-27-,37-34-,38-35-,41-40-,44-43-,53-36-,57-54-,64-61-. The van der Waals surface area contributed by atoms with Crippen LogP contribution in [0.4, 0.5) is 0 Å². The minimum atomic E-state index is -4.95. The van der Waals surface area contributed by atoms with Gasteiger partial charge in [0.2, 0.25) is 0 Å². The van der Waals surface area contributed by atoms with Crippen molar-refractivity contribution in [3.8, 4) is 0 Å². The van der Waals surface area contributed by atoms with Gasteiger partial charge in [-0.3, -0.25) is 32.5 Å². The largest absolute Gasteiger partial charge is 0.472 e. The Balaban J connectivity index is 4.56. The van der Waals surface area contributed by atoms with E-state index in [1.807, 2.05) is 0 Å². The molecule has 0 aliphatic carbocycles. The Morgan fingerprint density at radius 2 is 0.461 bits per heavy atom. The molecular weight excluding hydrogens is 1480 g/mol. The molecule has 5 atom stereocenters. The number of rotatable bonds is 84. The third kappa shape index (κ3) is 89.3. The van der Waals surface area contributed by atoms with Crippen LogP contribution in [0.5, 0.6) is 0 Å². The minimum Gasteiger partial charge on any atom is -0.463 e. The number of hydrogen-bond donors (Lipinski definition) is 4. The summed E-state index contributed by atoms with van der Waals surface area (Å²) in [6.07, 6.45) is 115. The van der Waals surface area contributed by atoms with Gasteiger partial charge in [-0.05, 0) is 161 Å². The fourth-order valence-corrected chi connectivity index (χ4v) is 13.4. The van der Waals surface area contributed by atoms with Crippen LogP contribution < -0.4 is 0 Å². The molecule has 16 nitrogen and oxygen atoms in total. The highest BCUT2D eigenvalue weighted by Crippen LogP contribution is 2.45. The van der Waals surface area contributed by atoms with Gasteiger partial charge in [0.25, 0.3) is 0 Å². The van der Waals surface area contributed by atoms with Crippen molar-refractivity contribution >= 4 is 33.6 Å². The molecule has 0 radical (unpaired) electrons. The van der Waals surface area contributed by atoms with Crippen molar-refractivity contribution < 1.29 is 75.8 Å². The number of esters is 3. The summed E-state index contributed by atoms with van der Waals surface area (Å²) >= 11 is 0. The average molecular weight is 1650 g/mol. The topological polar surface area (TPSA) is 231 Å². The number of phosphoric acid groups is 2. The Labute approximate surface area is 700 Å². The Bertz CT molecular complexity index is 2820. The number of unbranched alkanes of at least 4 members (excludes halogenated alkanes) is 31. The Morgan fingerprint density at radius 3 is 0.730 bits per heavy atom. The van der Waals surface area contributed by atoms with Gasteiger partial charge in [-0.25, -0.2) is 9.13 Å². The second kappa shape index (κ2) is 87.9. The van der Waals surface area contributed by atoms with Crippen LogP contribution >= 0.6 is 15.6 Å². The molecule has 0 spiro atoms. The third-order valence-corrected chi connectivity index (χ3v) is 20.5. The van der Waals surface area contributed by atoms with E-state index in [2.05, 4.69) is 203 Å². The number of aliphatic hydroxyl groups is 2. The summed E-state index contributed by atoms with van der Waals surface area (Å²) < 4.78 is 61.4. The van der Waals surface area contributed by atoms with E-state index in [0.29, 0.717) is 19.3 Å². The molecule has 115 heavy (non-hydrogen) atoms. The number of carbonyl (C=O) groups is 3. The van der Waals surface area contributed by atoms with Gasteiger partial charge in [-0.2, -0.15) is 0 Å².